The largest absolute Gasteiger partial charge is 0.393 e. The molecule has 3 fully saturated rings. The van der Waals surface area contributed by atoms with Gasteiger partial charge in [-0.25, -0.2) is 0 Å². The third-order valence-electron chi connectivity index (χ3n) is 6.58. The minimum Gasteiger partial charge on any atom is -0.393 e. The number of aliphatic hydroxyl groups is 1. The molecule has 2 atom stereocenters. The highest BCUT2D eigenvalue weighted by molar-refractivity contribution is 6.07. The van der Waals surface area contributed by atoms with Crippen molar-refractivity contribution in [1.82, 2.24) is 5.32 Å². The smallest absolute Gasteiger partial charge is 0.219 e. The molecule has 0 radical (unpaired) electrons. The molecule has 0 aromatic rings. The number of amides is 1. The van der Waals surface area contributed by atoms with Crippen LogP contribution in [0.1, 0.15) is 57.8 Å². The van der Waals surface area contributed by atoms with Crippen molar-refractivity contribution in [2.24, 2.45) is 11.3 Å². The van der Waals surface area contributed by atoms with Crippen LogP contribution in [0, 0.1) is 11.3 Å². The predicted octanol–water partition coefficient (Wildman–Crippen LogP) is 3.24. The summed E-state index contributed by atoms with van der Waals surface area (Å²) in [4.78, 5) is 23.3. The van der Waals surface area contributed by atoms with Gasteiger partial charge >= 0.3 is 0 Å². The van der Waals surface area contributed by atoms with Crippen LogP contribution in [0.2, 0.25) is 0 Å². The van der Waals surface area contributed by atoms with Crippen LogP contribution >= 0.6 is 0 Å². The Labute approximate surface area is 167 Å². The zero-order chi connectivity index (χ0) is 20.2. The maximum absolute atomic E-state index is 12.2. The molecule has 0 heterocycles. The Morgan fingerprint density at radius 1 is 1.39 bits per heavy atom. The number of carbonyl (C=O) groups excluding carboxylic acids is 2. The van der Waals surface area contributed by atoms with Crippen LogP contribution in [0.5, 0.6) is 0 Å². The Morgan fingerprint density at radius 3 is 2.82 bits per heavy atom. The molecular weight excluding hydrogens is 354 g/mol. The van der Waals surface area contributed by atoms with Gasteiger partial charge in [-0.15, -0.1) is 0 Å². The van der Waals surface area contributed by atoms with Gasteiger partial charge < -0.3 is 15.2 Å². The van der Waals surface area contributed by atoms with Gasteiger partial charge in [-0.1, -0.05) is 24.3 Å². The normalized spacial score (nSPS) is 33.2. The Kier molecular flexibility index (Phi) is 6.56. The van der Waals surface area contributed by atoms with E-state index in [-0.39, 0.29) is 28.6 Å². The second kappa shape index (κ2) is 8.75. The number of ether oxygens (including phenoxy) is 1. The highest BCUT2D eigenvalue weighted by atomic mass is 16.5. The number of hydrogen-bond acceptors (Lipinski definition) is 4. The SMILES string of the molecule is CNC(=O)CCC/C=C\CC1C=CC(=O)/C1=C/CC(O)CC12CC(OC)(C1)C2. The summed E-state index contributed by atoms with van der Waals surface area (Å²) in [5.74, 6) is 0.230. The first-order valence-electron chi connectivity index (χ1n) is 10.4. The average Bonchev–Trinajstić information content (AvgIpc) is 2.97. The molecule has 5 nitrogen and oxygen atoms in total. The molecule has 2 N–H and O–H groups in total. The summed E-state index contributed by atoms with van der Waals surface area (Å²) in [5.41, 5.74) is 1.20. The molecular formula is C23H33NO4. The Bertz CT molecular complexity index is 671. The fraction of sp³-hybridized carbons (Fsp3) is 0.652. The third-order valence-corrected chi connectivity index (χ3v) is 6.58. The standard InChI is InChI=1S/C23H33NO4/c1-24-21(27)8-6-4-3-5-7-17-9-12-20(26)19(17)11-10-18(25)13-22-14-23(15-22,16-22)28-2/h3,5,9,11-12,17-18,25H,4,6-8,10,13-16H2,1-2H3,(H,24,27)/b5-3-,19-11+. The zero-order valence-corrected chi connectivity index (χ0v) is 17.1. The van der Waals surface area contributed by atoms with Gasteiger partial charge in [0.25, 0.3) is 0 Å². The summed E-state index contributed by atoms with van der Waals surface area (Å²) in [6.07, 6.45) is 16.9. The number of nitrogens with one attached hydrogen (secondary N) is 1. The van der Waals surface area contributed by atoms with E-state index in [0.717, 1.165) is 50.5 Å². The van der Waals surface area contributed by atoms with E-state index >= 15 is 0 Å². The molecule has 0 saturated heterocycles. The Morgan fingerprint density at radius 2 is 2.14 bits per heavy atom. The lowest BCUT2D eigenvalue weighted by molar-refractivity contribution is -0.282. The second-order valence-corrected chi connectivity index (χ2v) is 8.77. The van der Waals surface area contributed by atoms with E-state index in [1.54, 1.807) is 20.2 Å². The summed E-state index contributed by atoms with van der Waals surface area (Å²) in [6, 6.07) is 0. The average molecular weight is 388 g/mol. The Balaban J connectivity index is 1.40. The van der Waals surface area contributed by atoms with Crippen LogP contribution in [0.3, 0.4) is 0 Å². The molecule has 4 aliphatic rings. The fourth-order valence-electron chi connectivity index (χ4n) is 5.08. The Hall–Kier alpha value is -1.72. The van der Waals surface area contributed by atoms with E-state index in [1.807, 2.05) is 12.2 Å². The lowest BCUT2D eigenvalue weighted by atomic mass is 9.39. The van der Waals surface area contributed by atoms with Crippen LogP contribution in [0.25, 0.3) is 0 Å². The number of ketones is 1. The lowest BCUT2D eigenvalue weighted by Crippen LogP contribution is -2.68. The highest BCUT2D eigenvalue weighted by Gasteiger charge is 2.68. The lowest BCUT2D eigenvalue weighted by Gasteiger charge is -2.70. The molecule has 0 aliphatic heterocycles. The summed E-state index contributed by atoms with van der Waals surface area (Å²) in [5, 5.41) is 13.1. The quantitative estimate of drug-likeness (QED) is 0.324. The summed E-state index contributed by atoms with van der Waals surface area (Å²) in [7, 11) is 3.43. The van der Waals surface area contributed by atoms with Crippen molar-refractivity contribution in [2.75, 3.05) is 14.2 Å². The van der Waals surface area contributed by atoms with E-state index in [2.05, 4.69) is 17.5 Å². The molecule has 2 unspecified atom stereocenters. The van der Waals surface area contributed by atoms with Crippen molar-refractivity contribution in [2.45, 2.75) is 69.5 Å². The molecule has 4 rings (SSSR count). The summed E-state index contributed by atoms with van der Waals surface area (Å²) in [6.45, 7) is 0. The number of aliphatic hydroxyl groups excluding tert-OH is 1. The van der Waals surface area contributed by atoms with E-state index in [1.165, 1.54) is 0 Å². The first kappa shape index (κ1) is 21.0. The minimum atomic E-state index is -0.392. The molecule has 5 heteroatoms. The van der Waals surface area contributed by atoms with E-state index in [9.17, 15) is 14.7 Å². The van der Waals surface area contributed by atoms with E-state index in [0.29, 0.717) is 12.8 Å². The summed E-state index contributed by atoms with van der Waals surface area (Å²) < 4.78 is 5.52. The number of carbonyl (C=O) groups is 2. The monoisotopic (exact) mass is 387 g/mol. The van der Waals surface area contributed by atoms with Crippen LogP contribution in [-0.2, 0) is 14.3 Å². The van der Waals surface area contributed by atoms with Crippen molar-refractivity contribution in [1.29, 1.82) is 0 Å². The molecule has 1 amide bonds. The summed E-state index contributed by atoms with van der Waals surface area (Å²) >= 11 is 0. The topological polar surface area (TPSA) is 75.6 Å². The number of hydrogen-bond donors (Lipinski definition) is 2. The van der Waals surface area contributed by atoms with Crippen molar-refractivity contribution in [3.8, 4) is 0 Å². The van der Waals surface area contributed by atoms with Gasteiger partial charge in [0.2, 0.25) is 5.91 Å². The van der Waals surface area contributed by atoms with Crippen LogP contribution in [0.15, 0.2) is 36.0 Å². The van der Waals surface area contributed by atoms with Crippen molar-refractivity contribution >= 4 is 11.7 Å². The van der Waals surface area contributed by atoms with Gasteiger partial charge in [0.15, 0.2) is 5.78 Å². The van der Waals surface area contributed by atoms with Crippen LogP contribution in [0.4, 0.5) is 0 Å². The molecule has 4 aliphatic carbocycles. The molecule has 154 valence electrons. The predicted molar refractivity (Wildman–Crippen MR) is 109 cm³/mol. The first-order valence-corrected chi connectivity index (χ1v) is 10.4. The van der Waals surface area contributed by atoms with Crippen molar-refractivity contribution in [3.63, 3.8) is 0 Å². The molecule has 28 heavy (non-hydrogen) atoms. The van der Waals surface area contributed by atoms with Gasteiger partial charge in [-0.05, 0) is 62.9 Å². The molecule has 3 saturated carbocycles. The van der Waals surface area contributed by atoms with Crippen LogP contribution in [-0.4, -0.2) is 42.7 Å². The number of unbranched alkanes of at least 4 members (excludes halogenated alkanes) is 1. The first-order chi connectivity index (χ1) is 13.4. The number of rotatable bonds is 11. The van der Waals surface area contributed by atoms with Gasteiger partial charge in [0.1, 0.15) is 0 Å². The second-order valence-electron chi connectivity index (χ2n) is 8.77. The van der Waals surface area contributed by atoms with E-state index < -0.39 is 6.10 Å². The van der Waals surface area contributed by atoms with Crippen molar-refractivity contribution in [3.05, 3.63) is 36.0 Å². The number of allylic oxidation sites excluding steroid dienone is 5. The van der Waals surface area contributed by atoms with E-state index in [4.69, 9.17) is 4.74 Å². The van der Waals surface area contributed by atoms with Gasteiger partial charge in [0, 0.05) is 32.1 Å². The molecule has 0 aromatic heterocycles. The van der Waals surface area contributed by atoms with Gasteiger partial charge in [-0.2, -0.15) is 0 Å². The van der Waals surface area contributed by atoms with Gasteiger partial charge in [0.05, 0.1) is 11.7 Å². The number of methoxy groups -OCH3 is 1. The fourth-order valence-corrected chi connectivity index (χ4v) is 5.08. The third kappa shape index (κ3) is 4.64. The maximum atomic E-state index is 12.2. The highest BCUT2D eigenvalue weighted by Crippen LogP contribution is 2.70. The van der Waals surface area contributed by atoms with Crippen LogP contribution < -0.4 is 5.32 Å². The molecule has 2 bridgehead atoms. The van der Waals surface area contributed by atoms with Gasteiger partial charge in [-0.3, -0.25) is 9.59 Å². The zero-order valence-electron chi connectivity index (χ0n) is 17.1. The molecule has 0 spiro atoms. The molecule has 0 aromatic carbocycles. The van der Waals surface area contributed by atoms with Crippen molar-refractivity contribution < 1.29 is 19.4 Å². The minimum absolute atomic E-state index is 0.0640. The maximum Gasteiger partial charge on any atom is 0.219 e.